The van der Waals surface area contributed by atoms with Gasteiger partial charge in [-0.2, -0.15) is 0 Å². The summed E-state index contributed by atoms with van der Waals surface area (Å²) in [4.78, 5) is 11.7. The van der Waals surface area contributed by atoms with Crippen LogP contribution in [0, 0.1) is 0 Å². The van der Waals surface area contributed by atoms with E-state index in [4.69, 9.17) is 9.84 Å². The van der Waals surface area contributed by atoms with Gasteiger partial charge in [-0.3, -0.25) is 4.79 Å². The number of anilines is 1. The van der Waals surface area contributed by atoms with Crippen LogP contribution in [0.5, 0.6) is 5.75 Å². The largest absolute Gasteiger partial charge is 0.484 e. The quantitative estimate of drug-likeness (QED) is 0.863. The smallest absolute Gasteiger partial charge is 0.262 e. The second kappa shape index (κ2) is 6.56. The van der Waals surface area contributed by atoms with Crippen LogP contribution in [0.25, 0.3) is 0 Å². The zero-order chi connectivity index (χ0) is 13.5. The van der Waals surface area contributed by atoms with Crippen molar-refractivity contribution in [3.05, 3.63) is 60.2 Å². The number of rotatable bonds is 5. The van der Waals surface area contributed by atoms with Gasteiger partial charge in [-0.25, -0.2) is 0 Å². The van der Waals surface area contributed by atoms with Crippen molar-refractivity contribution in [3.8, 4) is 5.75 Å². The van der Waals surface area contributed by atoms with Gasteiger partial charge in [0.05, 0.1) is 6.61 Å². The minimum atomic E-state index is -0.259. The molecule has 0 heterocycles. The van der Waals surface area contributed by atoms with E-state index in [2.05, 4.69) is 5.32 Å². The summed E-state index contributed by atoms with van der Waals surface area (Å²) < 4.78 is 5.34. The summed E-state index contributed by atoms with van der Waals surface area (Å²) in [6, 6.07) is 16.2. The minimum absolute atomic E-state index is 0.0657. The SMILES string of the molecule is O=C(COc1ccccc1)Nc1ccccc1CO. The summed E-state index contributed by atoms with van der Waals surface area (Å²) in [5.74, 6) is 0.387. The number of amides is 1. The lowest BCUT2D eigenvalue weighted by Gasteiger charge is -2.10. The van der Waals surface area contributed by atoms with Crippen molar-refractivity contribution in [1.29, 1.82) is 0 Å². The van der Waals surface area contributed by atoms with Gasteiger partial charge < -0.3 is 15.2 Å². The van der Waals surface area contributed by atoms with Crippen LogP contribution in [0.4, 0.5) is 5.69 Å². The number of nitrogens with one attached hydrogen (secondary N) is 1. The number of hydrogen-bond donors (Lipinski definition) is 2. The third-order valence-electron chi connectivity index (χ3n) is 2.57. The average Bonchev–Trinajstić information content (AvgIpc) is 2.47. The number of ether oxygens (including phenoxy) is 1. The third-order valence-corrected chi connectivity index (χ3v) is 2.57. The molecule has 0 fully saturated rings. The highest BCUT2D eigenvalue weighted by molar-refractivity contribution is 5.92. The summed E-state index contributed by atoms with van der Waals surface area (Å²) in [5.41, 5.74) is 1.28. The second-order valence-corrected chi connectivity index (χ2v) is 3.97. The normalized spacial score (nSPS) is 9.95. The van der Waals surface area contributed by atoms with E-state index in [9.17, 15) is 4.79 Å². The van der Waals surface area contributed by atoms with Crippen LogP contribution in [0.2, 0.25) is 0 Å². The van der Waals surface area contributed by atoms with Crippen LogP contribution in [-0.4, -0.2) is 17.6 Å². The zero-order valence-corrected chi connectivity index (χ0v) is 10.4. The van der Waals surface area contributed by atoms with Crippen molar-refractivity contribution in [3.63, 3.8) is 0 Å². The number of benzene rings is 2. The van der Waals surface area contributed by atoms with E-state index in [1.165, 1.54) is 0 Å². The lowest BCUT2D eigenvalue weighted by molar-refractivity contribution is -0.118. The fraction of sp³-hybridized carbons (Fsp3) is 0.133. The molecule has 0 atom stereocenters. The van der Waals surface area contributed by atoms with Crippen molar-refractivity contribution in [2.45, 2.75) is 6.61 Å². The maximum Gasteiger partial charge on any atom is 0.262 e. The molecule has 1 amide bonds. The summed E-state index contributed by atoms with van der Waals surface area (Å²) in [5, 5.41) is 11.9. The molecule has 0 saturated carbocycles. The number of para-hydroxylation sites is 2. The van der Waals surface area contributed by atoms with Crippen molar-refractivity contribution >= 4 is 11.6 Å². The molecule has 0 spiro atoms. The van der Waals surface area contributed by atoms with Crippen molar-refractivity contribution < 1.29 is 14.6 Å². The lowest BCUT2D eigenvalue weighted by Crippen LogP contribution is -2.20. The van der Waals surface area contributed by atoms with Crippen LogP contribution in [-0.2, 0) is 11.4 Å². The van der Waals surface area contributed by atoms with Gasteiger partial charge in [0.2, 0.25) is 0 Å². The van der Waals surface area contributed by atoms with Crippen LogP contribution in [0.15, 0.2) is 54.6 Å². The van der Waals surface area contributed by atoms with Crippen LogP contribution in [0.1, 0.15) is 5.56 Å². The highest BCUT2D eigenvalue weighted by Crippen LogP contribution is 2.15. The van der Waals surface area contributed by atoms with E-state index >= 15 is 0 Å². The Bertz CT molecular complexity index is 540. The Labute approximate surface area is 111 Å². The Morgan fingerprint density at radius 1 is 1.05 bits per heavy atom. The predicted molar refractivity (Wildman–Crippen MR) is 72.9 cm³/mol. The number of carbonyl (C=O) groups is 1. The highest BCUT2D eigenvalue weighted by Gasteiger charge is 2.06. The molecule has 2 aromatic carbocycles. The third kappa shape index (κ3) is 3.82. The summed E-state index contributed by atoms with van der Waals surface area (Å²) in [6.07, 6.45) is 0. The van der Waals surface area contributed by atoms with E-state index in [0.717, 1.165) is 0 Å². The van der Waals surface area contributed by atoms with Crippen LogP contribution in [0.3, 0.4) is 0 Å². The molecule has 0 aliphatic rings. The number of hydrogen-bond acceptors (Lipinski definition) is 3. The van der Waals surface area contributed by atoms with Gasteiger partial charge in [0, 0.05) is 11.3 Å². The number of aliphatic hydroxyl groups is 1. The van der Waals surface area contributed by atoms with E-state index in [-0.39, 0.29) is 19.1 Å². The molecule has 0 aromatic heterocycles. The zero-order valence-electron chi connectivity index (χ0n) is 10.4. The first-order valence-corrected chi connectivity index (χ1v) is 5.96. The van der Waals surface area contributed by atoms with Gasteiger partial charge >= 0.3 is 0 Å². The summed E-state index contributed by atoms with van der Waals surface area (Å²) in [7, 11) is 0. The minimum Gasteiger partial charge on any atom is -0.484 e. The first-order valence-electron chi connectivity index (χ1n) is 5.96. The maximum atomic E-state index is 11.7. The Hall–Kier alpha value is -2.33. The molecule has 2 N–H and O–H groups in total. The Morgan fingerprint density at radius 2 is 1.74 bits per heavy atom. The summed E-state index contributed by atoms with van der Waals surface area (Å²) >= 11 is 0. The first-order chi connectivity index (χ1) is 9.29. The fourth-order valence-electron chi connectivity index (χ4n) is 1.63. The molecule has 98 valence electrons. The molecule has 0 radical (unpaired) electrons. The van der Waals surface area contributed by atoms with Crippen LogP contribution < -0.4 is 10.1 Å². The molecule has 4 nitrogen and oxygen atoms in total. The Balaban J connectivity index is 1.91. The molecule has 0 saturated heterocycles. The Kier molecular flexibility index (Phi) is 4.53. The molecule has 0 aliphatic heterocycles. The van der Waals surface area contributed by atoms with Gasteiger partial charge in [0.1, 0.15) is 5.75 Å². The van der Waals surface area contributed by atoms with E-state index < -0.39 is 0 Å². The van der Waals surface area contributed by atoms with E-state index in [1.807, 2.05) is 24.3 Å². The molecular weight excluding hydrogens is 242 g/mol. The number of aliphatic hydroxyl groups excluding tert-OH is 1. The first kappa shape index (κ1) is 13.1. The van der Waals surface area contributed by atoms with Crippen LogP contribution >= 0.6 is 0 Å². The maximum absolute atomic E-state index is 11.7. The lowest BCUT2D eigenvalue weighted by atomic mass is 10.2. The average molecular weight is 257 g/mol. The van der Waals surface area contributed by atoms with Gasteiger partial charge in [-0.15, -0.1) is 0 Å². The molecule has 19 heavy (non-hydrogen) atoms. The second-order valence-electron chi connectivity index (χ2n) is 3.97. The van der Waals surface area contributed by atoms with Gasteiger partial charge in [0.15, 0.2) is 6.61 Å². The molecule has 0 unspecified atom stereocenters. The molecule has 4 heteroatoms. The highest BCUT2D eigenvalue weighted by atomic mass is 16.5. The molecule has 0 aliphatic carbocycles. The predicted octanol–water partition coefficient (Wildman–Crippen LogP) is 2.20. The monoisotopic (exact) mass is 257 g/mol. The molecule has 0 bridgehead atoms. The summed E-state index contributed by atoms with van der Waals surface area (Å²) in [6.45, 7) is -0.181. The molecule has 2 rings (SSSR count). The van der Waals surface area contributed by atoms with Crippen molar-refractivity contribution in [2.75, 3.05) is 11.9 Å². The van der Waals surface area contributed by atoms with Gasteiger partial charge in [-0.1, -0.05) is 36.4 Å². The molecular formula is C15H15NO3. The fourth-order valence-corrected chi connectivity index (χ4v) is 1.63. The van der Waals surface area contributed by atoms with Gasteiger partial charge in [0.25, 0.3) is 5.91 Å². The van der Waals surface area contributed by atoms with Crippen molar-refractivity contribution in [1.82, 2.24) is 0 Å². The van der Waals surface area contributed by atoms with Gasteiger partial charge in [-0.05, 0) is 18.2 Å². The standard InChI is InChI=1S/C15H15NO3/c17-10-12-6-4-5-9-14(12)16-15(18)11-19-13-7-2-1-3-8-13/h1-9,17H,10-11H2,(H,16,18). The number of carbonyl (C=O) groups excluding carboxylic acids is 1. The Morgan fingerprint density at radius 3 is 2.47 bits per heavy atom. The topological polar surface area (TPSA) is 58.6 Å². The van der Waals surface area contributed by atoms with E-state index in [1.54, 1.807) is 30.3 Å². The van der Waals surface area contributed by atoms with Crippen molar-refractivity contribution in [2.24, 2.45) is 0 Å². The molecule has 2 aromatic rings. The van der Waals surface area contributed by atoms with E-state index in [0.29, 0.717) is 17.0 Å².